The molecule has 6 heteroatoms. The Morgan fingerprint density at radius 1 is 1.20 bits per heavy atom. The molecule has 0 saturated carbocycles. The maximum absolute atomic E-state index is 14.1. The number of hydrogen-bond donors (Lipinski definition) is 1. The summed E-state index contributed by atoms with van der Waals surface area (Å²) in [5.41, 5.74) is 1.00. The van der Waals surface area contributed by atoms with E-state index >= 15 is 0 Å². The van der Waals surface area contributed by atoms with Gasteiger partial charge in [-0.15, -0.1) is 0 Å². The van der Waals surface area contributed by atoms with Crippen molar-refractivity contribution in [2.45, 2.75) is 45.8 Å². The van der Waals surface area contributed by atoms with Crippen molar-refractivity contribution in [1.29, 1.82) is 0 Å². The van der Waals surface area contributed by atoms with Gasteiger partial charge in [0.25, 0.3) is 0 Å². The Hall–Kier alpha value is -1.40. The van der Waals surface area contributed by atoms with Crippen LogP contribution in [0.4, 0.5) is 4.39 Å². The fourth-order valence-electron chi connectivity index (χ4n) is 2.45. The van der Waals surface area contributed by atoms with E-state index in [0.29, 0.717) is 16.5 Å². The zero-order valence-electron chi connectivity index (χ0n) is 12.4. The molecule has 1 fully saturated rings. The van der Waals surface area contributed by atoms with Crippen LogP contribution in [0, 0.1) is 12.7 Å². The summed E-state index contributed by atoms with van der Waals surface area (Å²) in [6, 6.07) is 1.45. The van der Waals surface area contributed by atoms with E-state index in [1.165, 1.54) is 6.07 Å². The highest BCUT2D eigenvalue weighted by Crippen LogP contribution is 2.37. The van der Waals surface area contributed by atoms with E-state index in [9.17, 15) is 4.39 Å². The van der Waals surface area contributed by atoms with Crippen LogP contribution < -0.4 is 5.46 Å². The average Bonchev–Trinajstić information content (AvgIpc) is 2.83. The molecule has 1 aromatic heterocycles. The van der Waals surface area contributed by atoms with Gasteiger partial charge in [0.15, 0.2) is 0 Å². The molecule has 4 nitrogen and oxygen atoms in total. The Bertz CT molecular complexity index is 665. The molecule has 1 aliphatic rings. The van der Waals surface area contributed by atoms with Gasteiger partial charge in [0.2, 0.25) is 0 Å². The van der Waals surface area contributed by atoms with E-state index in [-0.39, 0.29) is 5.82 Å². The van der Waals surface area contributed by atoms with Gasteiger partial charge in [0.1, 0.15) is 5.82 Å². The zero-order chi connectivity index (χ0) is 14.7. The minimum atomic E-state index is -0.587. The van der Waals surface area contributed by atoms with E-state index in [1.54, 1.807) is 13.1 Å². The van der Waals surface area contributed by atoms with Gasteiger partial charge in [-0.1, -0.05) is 0 Å². The SMILES string of the molecule is Cc1c(F)cc2[nH]ncc2c1B1OC(C)(C)C(C)(C)O1. The number of nitrogens with one attached hydrogen (secondary N) is 1. The van der Waals surface area contributed by atoms with Gasteiger partial charge in [0.05, 0.1) is 22.9 Å². The van der Waals surface area contributed by atoms with Crippen molar-refractivity contribution in [2.75, 3.05) is 0 Å². The fraction of sp³-hybridized carbons (Fsp3) is 0.500. The maximum atomic E-state index is 14.1. The zero-order valence-corrected chi connectivity index (χ0v) is 12.4. The minimum Gasteiger partial charge on any atom is -0.399 e. The molecule has 0 spiro atoms. The van der Waals surface area contributed by atoms with Gasteiger partial charge in [0, 0.05) is 5.39 Å². The second-order valence-electron chi connectivity index (χ2n) is 6.32. The smallest absolute Gasteiger partial charge is 0.399 e. The molecule has 1 aromatic carbocycles. The lowest BCUT2D eigenvalue weighted by Gasteiger charge is -2.32. The van der Waals surface area contributed by atoms with Crippen molar-refractivity contribution in [3.05, 3.63) is 23.6 Å². The molecule has 2 aromatic rings. The summed E-state index contributed by atoms with van der Waals surface area (Å²) < 4.78 is 26.1. The number of H-pyrrole nitrogens is 1. The summed E-state index contributed by atoms with van der Waals surface area (Å²) >= 11 is 0. The summed E-state index contributed by atoms with van der Waals surface area (Å²) in [5, 5.41) is 7.61. The Balaban J connectivity index is 2.16. The number of nitrogens with zero attached hydrogens (tertiary/aromatic N) is 1. The van der Waals surface area contributed by atoms with Crippen LogP contribution in [0.25, 0.3) is 10.9 Å². The van der Waals surface area contributed by atoms with Gasteiger partial charge in [-0.25, -0.2) is 4.39 Å². The molecule has 106 valence electrons. The summed E-state index contributed by atoms with van der Waals surface area (Å²) in [4.78, 5) is 0. The first-order valence-electron chi connectivity index (χ1n) is 6.71. The molecule has 0 amide bonds. The quantitative estimate of drug-likeness (QED) is 0.813. The largest absolute Gasteiger partial charge is 0.495 e. The highest BCUT2D eigenvalue weighted by molar-refractivity contribution is 6.65. The number of aromatic nitrogens is 2. The van der Waals surface area contributed by atoms with Crippen molar-refractivity contribution in [3.8, 4) is 0 Å². The topological polar surface area (TPSA) is 47.1 Å². The van der Waals surface area contributed by atoms with E-state index < -0.39 is 18.3 Å². The predicted molar refractivity (Wildman–Crippen MR) is 76.5 cm³/mol. The molecular formula is C14H18BFN2O2. The first-order valence-corrected chi connectivity index (χ1v) is 6.71. The number of benzene rings is 1. The third-order valence-corrected chi connectivity index (χ3v) is 4.48. The number of aromatic amines is 1. The summed E-state index contributed by atoms with van der Waals surface area (Å²) in [5.74, 6) is -0.286. The Morgan fingerprint density at radius 3 is 2.40 bits per heavy atom. The van der Waals surface area contributed by atoms with Crippen molar-refractivity contribution >= 4 is 23.5 Å². The van der Waals surface area contributed by atoms with Gasteiger partial charge in [-0.2, -0.15) is 5.10 Å². The van der Waals surface area contributed by atoms with Crippen molar-refractivity contribution in [2.24, 2.45) is 0 Å². The van der Waals surface area contributed by atoms with Crippen LogP contribution in [0.15, 0.2) is 12.3 Å². The van der Waals surface area contributed by atoms with Crippen LogP contribution in [-0.4, -0.2) is 28.5 Å². The lowest BCUT2D eigenvalue weighted by atomic mass is 9.74. The third-order valence-electron chi connectivity index (χ3n) is 4.48. The average molecular weight is 276 g/mol. The predicted octanol–water partition coefficient (Wildman–Crippen LogP) is 2.31. The molecule has 0 radical (unpaired) electrons. The molecule has 1 saturated heterocycles. The van der Waals surface area contributed by atoms with Gasteiger partial charge < -0.3 is 9.31 Å². The third kappa shape index (κ3) is 1.78. The van der Waals surface area contributed by atoms with E-state index in [1.807, 2.05) is 27.7 Å². The first-order chi connectivity index (χ1) is 9.23. The van der Waals surface area contributed by atoms with Crippen LogP contribution in [0.1, 0.15) is 33.3 Å². The molecular weight excluding hydrogens is 258 g/mol. The van der Waals surface area contributed by atoms with Crippen molar-refractivity contribution in [3.63, 3.8) is 0 Å². The number of rotatable bonds is 1. The van der Waals surface area contributed by atoms with Crippen LogP contribution in [0.3, 0.4) is 0 Å². The lowest BCUT2D eigenvalue weighted by molar-refractivity contribution is 0.00578. The van der Waals surface area contributed by atoms with Gasteiger partial charge in [-0.3, -0.25) is 5.10 Å². The highest BCUT2D eigenvalue weighted by atomic mass is 19.1. The van der Waals surface area contributed by atoms with Crippen LogP contribution in [0.2, 0.25) is 0 Å². The molecule has 1 aliphatic heterocycles. The first kappa shape index (κ1) is 13.6. The maximum Gasteiger partial charge on any atom is 0.495 e. The molecule has 1 N–H and O–H groups in total. The summed E-state index contributed by atoms with van der Waals surface area (Å²) in [6.07, 6.45) is 1.68. The molecule has 0 atom stereocenters. The fourth-order valence-corrected chi connectivity index (χ4v) is 2.45. The van der Waals surface area contributed by atoms with E-state index in [4.69, 9.17) is 9.31 Å². The van der Waals surface area contributed by atoms with Crippen molar-refractivity contribution < 1.29 is 13.7 Å². The van der Waals surface area contributed by atoms with Crippen LogP contribution >= 0.6 is 0 Å². The number of fused-ring (bicyclic) bond motifs is 1. The Kier molecular flexibility index (Phi) is 2.75. The molecule has 0 unspecified atom stereocenters. The Labute approximate surface area is 117 Å². The Morgan fingerprint density at radius 2 is 1.80 bits per heavy atom. The normalized spacial score (nSPS) is 20.8. The molecule has 3 rings (SSSR count). The molecule has 2 heterocycles. The molecule has 20 heavy (non-hydrogen) atoms. The molecule has 0 aliphatic carbocycles. The van der Waals surface area contributed by atoms with Crippen molar-refractivity contribution in [1.82, 2.24) is 10.2 Å². The lowest BCUT2D eigenvalue weighted by Crippen LogP contribution is -2.41. The minimum absolute atomic E-state index is 0.286. The van der Waals surface area contributed by atoms with Crippen LogP contribution in [-0.2, 0) is 9.31 Å². The second-order valence-corrected chi connectivity index (χ2v) is 6.32. The second kappa shape index (κ2) is 4.05. The standard InChI is InChI=1S/C14H18BFN2O2/c1-8-10(16)6-11-9(7-17-18-11)12(8)15-19-13(2,3)14(4,5)20-15/h6-7H,1-5H3,(H,17,18). The molecule has 0 bridgehead atoms. The summed E-state index contributed by atoms with van der Waals surface area (Å²) in [7, 11) is -0.587. The van der Waals surface area contributed by atoms with Crippen LogP contribution in [0.5, 0.6) is 0 Å². The highest BCUT2D eigenvalue weighted by Gasteiger charge is 2.52. The monoisotopic (exact) mass is 276 g/mol. The summed E-state index contributed by atoms with van der Waals surface area (Å²) in [6.45, 7) is 9.66. The van der Waals surface area contributed by atoms with Gasteiger partial charge >= 0.3 is 7.12 Å². The number of halogens is 1. The number of hydrogen-bond acceptors (Lipinski definition) is 3. The van der Waals surface area contributed by atoms with E-state index in [0.717, 1.165) is 5.39 Å². The van der Waals surface area contributed by atoms with Gasteiger partial charge in [-0.05, 0) is 51.7 Å². The van der Waals surface area contributed by atoms with E-state index in [2.05, 4.69) is 10.2 Å².